The monoisotopic (exact) mass is 547 g/mol. The molecular formula is C32H29N5O4. The second-order valence-corrected chi connectivity index (χ2v) is 9.40. The van der Waals surface area contributed by atoms with E-state index in [1.54, 1.807) is 29.1 Å². The molecule has 9 heteroatoms. The van der Waals surface area contributed by atoms with Gasteiger partial charge in [-0.25, -0.2) is 9.67 Å². The fourth-order valence-corrected chi connectivity index (χ4v) is 4.46. The van der Waals surface area contributed by atoms with Crippen molar-refractivity contribution in [2.75, 3.05) is 5.32 Å². The molecule has 2 atom stereocenters. The summed E-state index contributed by atoms with van der Waals surface area (Å²) >= 11 is 0. The number of carboxylic acids is 1. The van der Waals surface area contributed by atoms with Gasteiger partial charge in [0.2, 0.25) is 5.95 Å². The molecule has 0 fully saturated rings. The predicted molar refractivity (Wildman–Crippen MR) is 158 cm³/mol. The van der Waals surface area contributed by atoms with Gasteiger partial charge in [0, 0.05) is 41.1 Å². The van der Waals surface area contributed by atoms with Crippen molar-refractivity contribution in [3.8, 4) is 28.3 Å². The van der Waals surface area contributed by atoms with Gasteiger partial charge >= 0.3 is 5.97 Å². The molecule has 0 saturated carbocycles. The van der Waals surface area contributed by atoms with Gasteiger partial charge in [0.15, 0.2) is 5.82 Å². The van der Waals surface area contributed by atoms with E-state index in [9.17, 15) is 15.0 Å². The van der Waals surface area contributed by atoms with E-state index in [-0.39, 0.29) is 6.42 Å². The fraction of sp³-hybridized carbons (Fsp3) is 0.125. The number of carboxylic acid groups (broad SMARTS) is 1. The van der Waals surface area contributed by atoms with Gasteiger partial charge in [-0.05, 0) is 12.1 Å². The average molecular weight is 548 g/mol. The molecule has 3 aromatic carbocycles. The maximum Gasteiger partial charge on any atom is 0.305 e. The van der Waals surface area contributed by atoms with Crippen LogP contribution in [0.1, 0.15) is 18.4 Å². The van der Waals surface area contributed by atoms with Crippen molar-refractivity contribution in [2.24, 2.45) is 0 Å². The van der Waals surface area contributed by atoms with Gasteiger partial charge in [-0.3, -0.25) is 4.79 Å². The molecule has 5 rings (SSSR count). The number of hydrogen-bond donors (Lipinski definition) is 4. The Balaban J connectivity index is 1.62. The lowest BCUT2D eigenvalue weighted by atomic mass is 10.00. The minimum atomic E-state index is -1.17. The van der Waals surface area contributed by atoms with Crippen LogP contribution in [-0.2, 0) is 4.79 Å². The zero-order chi connectivity index (χ0) is 28.6. The van der Waals surface area contributed by atoms with Crippen molar-refractivity contribution in [3.63, 3.8) is 0 Å². The molecule has 41 heavy (non-hydrogen) atoms. The van der Waals surface area contributed by atoms with Gasteiger partial charge in [0.1, 0.15) is 5.69 Å². The van der Waals surface area contributed by atoms with E-state index in [0.29, 0.717) is 17.5 Å². The Bertz CT molecular complexity index is 1620. The zero-order valence-corrected chi connectivity index (χ0v) is 22.1. The van der Waals surface area contributed by atoms with Crippen LogP contribution < -0.4 is 5.32 Å². The molecule has 2 aromatic heterocycles. The number of rotatable bonds is 11. The summed E-state index contributed by atoms with van der Waals surface area (Å²) in [6.07, 6.45) is 2.17. The fourth-order valence-electron chi connectivity index (χ4n) is 4.46. The Morgan fingerprint density at radius 2 is 1.51 bits per heavy atom. The van der Waals surface area contributed by atoms with Crippen molar-refractivity contribution in [2.45, 2.75) is 25.0 Å². The van der Waals surface area contributed by atoms with E-state index in [1.807, 2.05) is 91.0 Å². The van der Waals surface area contributed by atoms with E-state index in [4.69, 9.17) is 15.2 Å². The molecular weight excluding hydrogens is 518 g/mol. The number of carbonyl (C=O) groups is 1. The number of nitrogens with zero attached hydrogens (tertiary/aromatic N) is 4. The lowest BCUT2D eigenvalue weighted by Gasteiger charge is -2.12. The minimum Gasteiger partial charge on any atom is -0.481 e. The normalized spacial score (nSPS) is 12.7. The highest BCUT2D eigenvalue weighted by Crippen LogP contribution is 2.35. The van der Waals surface area contributed by atoms with Gasteiger partial charge < -0.3 is 20.6 Å². The van der Waals surface area contributed by atoms with E-state index >= 15 is 0 Å². The van der Waals surface area contributed by atoms with Crippen molar-refractivity contribution in [3.05, 3.63) is 115 Å². The van der Waals surface area contributed by atoms with Crippen LogP contribution in [0.15, 0.2) is 109 Å². The highest BCUT2D eigenvalue weighted by molar-refractivity contribution is 5.84. The molecule has 4 N–H and O–H groups in total. The molecule has 9 nitrogen and oxygen atoms in total. The summed E-state index contributed by atoms with van der Waals surface area (Å²) in [6.45, 7) is 0. The molecule has 0 unspecified atom stereocenters. The van der Waals surface area contributed by atoms with Gasteiger partial charge in [0.25, 0.3) is 0 Å². The Kier molecular flexibility index (Phi) is 8.58. The Morgan fingerprint density at radius 1 is 0.878 bits per heavy atom. The number of anilines is 2. The van der Waals surface area contributed by atoms with Crippen LogP contribution in [-0.4, -0.2) is 53.2 Å². The SMILES string of the molecule is O=C(O)C[C@H](O)C[C@H](O)C=Cc1c(-c2ccccc2)nn(-c2ccnc(Nc3ccccc3)n2)c1-c1ccccc1. The van der Waals surface area contributed by atoms with Gasteiger partial charge in [0.05, 0.1) is 24.3 Å². The largest absolute Gasteiger partial charge is 0.481 e. The van der Waals surface area contributed by atoms with Crippen molar-refractivity contribution in [1.29, 1.82) is 0 Å². The highest BCUT2D eigenvalue weighted by Gasteiger charge is 2.22. The molecule has 0 saturated heterocycles. The summed E-state index contributed by atoms with van der Waals surface area (Å²) < 4.78 is 1.75. The lowest BCUT2D eigenvalue weighted by Crippen LogP contribution is -2.19. The number of benzene rings is 3. The first-order chi connectivity index (χ1) is 20.0. The third-order valence-electron chi connectivity index (χ3n) is 6.31. The first kappa shape index (κ1) is 27.4. The highest BCUT2D eigenvalue weighted by atomic mass is 16.4. The Labute approximate surface area is 237 Å². The standard InChI is InChI=1S/C32H29N5O4/c38-25(20-26(39)21-29(40)41)16-17-27-30(22-10-4-1-5-11-22)36-37(31(27)23-12-6-2-7-13-23)28-18-19-33-32(35-28)34-24-14-8-3-9-15-24/h1-19,25-26,38-39H,20-21H2,(H,40,41)(H,33,34,35)/t25-,26-/m1/s1. The average Bonchev–Trinajstić information content (AvgIpc) is 3.37. The molecule has 0 bridgehead atoms. The predicted octanol–water partition coefficient (Wildman–Crippen LogP) is 5.34. The van der Waals surface area contributed by atoms with Crippen LogP contribution in [0.3, 0.4) is 0 Å². The van der Waals surface area contributed by atoms with Crippen LogP contribution in [0.25, 0.3) is 34.4 Å². The van der Waals surface area contributed by atoms with E-state index in [0.717, 1.165) is 28.1 Å². The maximum absolute atomic E-state index is 11.0. The summed E-state index contributed by atoms with van der Waals surface area (Å²) in [5.41, 5.74) is 4.71. The third-order valence-corrected chi connectivity index (χ3v) is 6.31. The van der Waals surface area contributed by atoms with E-state index in [1.165, 1.54) is 0 Å². The first-order valence-corrected chi connectivity index (χ1v) is 13.1. The number of para-hydroxylation sites is 1. The van der Waals surface area contributed by atoms with E-state index < -0.39 is 24.6 Å². The number of aromatic nitrogens is 4. The van der Waals surface area contributed by atoms with Crippen molar-refractivity contribution in [1.82, 2.24) is 19.7 Å². The third kappa shape index (κ3) is 6.91. The van der Waals surface area contributed by atoms with Crippen LogP contribution in [0.5, 0.6) is 0 Å². The molecule has 0 aliphatic rings. The van der Waals surface area contributed by atoms with Crippen LogP contribution in [0.2, 0.25) is 0 Å². The van der Waals surface area contributed by atoms with Crippen LogP contribution >= 0.6 is 0 Å². The van der Waals surface area contributed by atoms with Crippen molar-refractivity contribution < 1.29 is 20.1 Å². The molecule has 2 heterocycles. The molecule has 0 amide bonds. The summed E-state index contributed by atoms with van der Waals surface area (Å²) in [7, 11) is 0. The van der Waals surface area contributed by atoms with Crippen LogP contribution in [0.4, 0.5) is 11.6 Å². The topological polar surface area (TPSA) is 133 Å². The molecule has 0 spiro atoms. The van der Waals surface area contributed by atoms with Crippen LogP contribution in [0, 0.1) is 0 Å². The number of aliphatic carboxylic acids is 1. The molecule has 0 radical (unpaired) electrons. The van der Waals surface area contributed by atoms with Crippen molar-refractivity contribution >= 4 is 23.7 Å². The lowest BCUT2D eigenvalue weighted by molar-refractivity contribution is -0.139. The quantitative estimate of drug-likeness (QED) is 0.174. The summed E-state index contributed by atoms with van der Waals surface area (Å²) in [4.78, 5) is 20.1. The number of aliphatic hydroxyl groups is 2. The summed E-state index contributed by atoms with van der Waals surface area (Å²) in [6, 6.07) is 30.8. The number of aliphatic hydroxyl groups excluding tert-OH is 2. The zero-order valence-electron chi connectivity index (χ0n) is 22.1. The van der Waals surface area contributed by atoms with Gasteiger partial charge in [-0.1, -0.05) is 91.0 Å². The summed E-state index contributed by atoms with van der Waals surface area (Å²) in [5.74, 6) is -0.186. The minimum absolute atomic E-state index is 0.112. The molecule has 5 aromatic rings. The van der Waals surface area contributed by atoms with E-state index in [2.05, 4.69) is 10.3 Å². The molecule has 0 aliphatic carbocycles. The maximum atomic E-state index is 11.0. The van der Waals surface area contributed by atoms with Gasteiger partial charge in [-0.15, -0.1) is 0 Å². The van der Waals surface area contributed by atoms with Gasteiger partial charge in [-0.2, -0.15) is 10.1 Å². The second kappa shape index (κ2) is 12.8. The Morgan fingerprint density at radius 3 is 2.17 bits per heavy atom. The second-order valence-electron chi connectivity index (χ2n) is 9.40. The Hall–Kier alpha value is -5.12. The number of hydrogen-bond acceptors (Lipinski definition) is 7. The molecule has 0 aliphatic heterocycles. The number of nitrogens with one attached hydrogen (secondary N) is 1. The summed E-state index contributed by atoms with van der Waals surface area (Å²) in [5, 5.41) is 37.8. The first-order valence-electron chi connectivity index (χ1n) is 13.1. The smallest absolute Gasteiger partial charge is 0.305 e. The molecule has 206 valence electrons.